The summed E-state index contributed by atoms with van der Waals surface area (Å²) in [5.41, 5.74) is 1.15. The number of nitrogens with one attached hydrogen (secondary N) is 1. The molecule has 0 spiro atoms. The SMILES string of the molecule is c1cncc(COC[C@H]2CCCCN2)c1. The smallest absolute Gasteiger partial charge is 0.0732 e. The molecule has 1 aromatic heterocycles. The quantitative estimate of drug-likeness (QED) is 0.814. The van der Waals surface area contributed by atoms with Gasteiger partial charge in [0, 0.05) is 18.4 Å². The molecule has 0 bridgehead atoms. The van der Waals surface area contributed by atoms with Crippen LogP contribution in [0.4, 0.5) is 0 Å². The standard InChI is InChI=1S/C12H18N2O/c1-2-7-14-12(5-1)10-15-9-11-4-3-6-13-8-11/h3-4,6,8,12,14H,1-2,5,7,9-10H2/t12-/m1/s1. The fraction of sp³-hybridized carbons (Fsp3) is 0.583. The summed E-state index contributed by atoms with van der Waals surface area (Å²) in [4.78, 5) is 4.05. The highest BCUT2D eigenvalue weighted by atomic mass is 16.5. The summed E-state index contributed by atoms with van der Waals surface area (Å²) in [6.07, 6.45) is 7.51. The first-order chi connectivity index (χ1) is 7.45. The van der Waals surface area contributed by atoms with Crippen molar-refractivity contribution in [2.75, 3.05) is 13.2 Å². The van der Waals surface area contributed by atoms with Crippen LogP contribution in [0.5, 0.6) is 0 Å². The van der Waals surface area contributed by atoms with Gasteiger partial charge in [-0.1, -0.05) is 12.5 Å². The highest BCUT2D eigenvalue weighted by molar-refractivity contribution is 5.06. The molecule has 3 heteroatoms. The molecule has 1 aliphatic rings. The lowest BCUT2D eigenvalue weighted by Crippen LogP contribution is -2.37. The first-order valence-corrected chi connectivity index (χ1v) is 5.65. The van der Waals surface area contributed by atoms with E-state index in [-0.39, 0.29) is 0 Å². The van der Waals surface area contributed by atoms with Gasteiger partial charge < -0.3 is 10.1 Å². The molecule has 1 N–H and O–H groups in total. The van der Waals surface area contributed by atoms with Crippen molar-refractivity contribution in [2.24, 2.45) is 0 Å². The summed E-state index contributed by atoms with van der Waals surface area (Å²) in [6.45, 7) is 2.63. The molecule has 82 valence electrons. The zero-order chi connectivity index (χ0) is 10.3. The predicted molar refractivity (Wildman–Crippen MR) is 59.5 cm³/mol. The van der Waals surface area contributed by atoms with Gasteiger partial charge in [0.15, 0.2) is 0 Å². The van der Waals surface area contributed by atoms with Gasteiger partial charge in [0.2, 0.25) is 0 Å². The Morgan fingerprint density at radius 2 is 2.47 bits per heavy atom. The number of aromatic nitrogens is 1. The molecule has 1 atom stereocenters. The van der Waals surface area contributed by atoms with Crippen LogP contribution in [0, 0.1) is 0 Å². The Bertz CT molecular complexity index is 270. The summed E-state index contributed by atoms with van der Waals surface area (Å²) in [5.74, 6) is 0. The zero-order valence-electron chi connectivity index (χ0n) is 8.98. The normalized spacial score (nSPS) is 21.5. The number of piperidine rings is 1. The van der Waals surface area contributed by atoms with Crippen LogP contribution in [-0.2, 0) is 11.3 Å². The molecular weight excluding hydrogens is 188 g/mol. The van der Waals surface area contributed by atoms with Gasteiger partial charge in [-0.25, -0.2) is 0 Å². The van der Waals surface area contributed by atoms with Crippen molar-refractivity contribution in [2.45, 2.75) is 31.9 Å². The third kappa shape index (κ3) is 3.61. The largest absolute Gasteiger partial charge is 0.375 e. The Morgan fingerprint density at radius 1 is 1.47 bits per heavy atom. The number of hydrogen-bond donors (Lipinski definition) is 1. The maximum absolute atomic E-state index is 5.66. The van der Waals surface area contributed by atoms with Crippen molar-refractivity contribution < 1.29 is 4.74 Å². The van der Waals surface area contributed by atoms with Crippen molar-refractivity contribution in [3.63, 3.8) is 0 Å². The monoisotopic (exact) mass is 206 g/mol. The van der Waals surface area contributed by atoms with E-state index in [0.717, 1.165) is 18.7 Å². The van der Waals surface area contributed by atoms with Crippen molar-refractivity contribution in [3.8, 4) is 0 Å². The molecule has 2 rings (SSSR count). The van der Waals surface area contributed by atoms with Crippen molar-refractivity contribution in [3.05, 3.63) is 30.1 Å². The molecule has 0 radical (unpaired) electrons. The van der Waals surface area contributed by atoms with Gasteiger partial charge in [-0.2, -0.15) is 0 Å². The second-order valence-electron chi connectivity index (χ2n) is 4.02. The minimum atomic E-state index is 0.551. The van der Waals surface area contributed by atoms with Gasteiger partial charge in [-0.15, -0.1) is 0 Å². The third-order valence-corrected chi connectivity index (χ3v) is 2.72. The Balaban J connectivity index is 1.66. The molecule has 1 fully saturated rings. The molecule has 3 nitrogen and oxygen atoms in total. The molecule has 0 amide bonds. The minimum Gasteiger partial charge on any atom is -0.375 e. The van der Waals surface area contributed by atoms with E-state index in [9.17, 15) is 0 Å². The van der Waals surface area contributed by atoms with Gasteiger partial charge in [-0.05, 0) is 31.0 Å². The molecule has 15 heavy (non-hydrogen) atoms. The molecule has 0 aromatic carbocycles. The molecule has 0 aliphatic carbocycles. The fourth-order valence-electron chi connectivity index (χ4n) is 1.87. The first kappa shape index (κ1) is 10.6. The topological polar surface area (TPSA) is 34.1 Å². The van der Waals surface area contributed by atoms with Crippen LogP contribution in [0.25, 0.3) is 0 Å². The molecule has 0 unspecified atom stereocenters. The molecular formula is C12H18N2O. The zero-order valence-corrected chi connectivity index (χ0v) is 8.98. The summed E-state index contributed by atoms with van der Waals surface area (Å²) in [7, 11) is 0. The van der Waals surface area contributed by atoms with Gasteiger partial charge in [0.05, 0.1) is 13.2 Å². The summed E-state index contributed by atoms with van der Waals surface area (Å²) < 4.78 is 5.66. The van der Waals surface area contributed by atoms with Crippen molar-refractivity contribution in [1.29, 1.82) is 0 Å². The number of hydrogen-bond acceptors (Lipinski definition) is 3. The minimum absolute atomic E-state index is 0.551. The predicted octanol–water partition coefficient (Wildman–Crippen LogP) is 1.74. The van der Waals surface area contributed by atoms with Gasteiger partial charge in [0.1, 0.15) is 0 Å². The lowest BCUT2D eigenvalue weighted by Gasteiger charge is -2.23. The van der Waals surface area contributed by atoms with Gasteiger partial charge >= 0.3 is 0 Å². The average molecular weight is 206 g/mol. The van der Waals surface area contributed by atoms with E-state index >= 15 is 0 Å². The maximum Gasteiger partial charge on any atom is 0.0732 e. The molecule has 1 aromatic rings. The van der Waals surface area contributed by atoms with Crippen LogP contribution >= 0.6 is 0 Å². The maximum atomic E-state index is 5.66. The van der Waals surface area contributed by atoms with Crippen molar-refractivity contribution >= 4 is 0 Å². The van der Waals surface area contributed by atoms with E-state index in [1.54, 1.807) is 6.20 Å². The Labute approximate surface area is 90.9 Å². The number of ether oxygens (including phenoxy) is 1. The van der Waals surface area contributed by atoms with Crippen molar-refractivity contribution in [1.82, 2.24) is 10.3 Å². The summed E-state index contributed by atoms with van der Waals surface area (Å²) in [6, 6.07) is 4.54. The number of rotatable bonds is 4. The van der Waals surface area contributed by atoms with E-state index < -0.39 is 0 Å². The van der Waals surface area contributed by atoms with Crippen LogP contribution in [0.1, 0.15) is 24.8 Å². The Morgan fingerprint density at radius 3 is 3.20 bits per heavy atom. The number of pyridine rings is 1. The Hall–Kier alpha value is -0.930. The van der Waals surface area contributed by atoms with E-state index in [4.69, 9.17) is 4.74 Å². The van der Waals surface area contributed by atoms with E-state index in [1.165, 1.54) is 19.3 Å². The van der Waals surface area contributed by atoms with E-state index in [2.05, 4.69) is 10.3 Å². The van der Waals surface area contributed by atoms with Crippen LogP contribution < -0.4 is 5.32 Å². The lowest BCUT2D eigenvalue weighted by molar-refractivity contribution is 0.0910. The lowest BCUT2D eigenvalue weighted by atomic mass is 10.1. The first-order valence-electron chi connectivity index (χ1n) is 5.65. The Kier molecular flexibility index (Phi) is 4.11. The second kappa shape index (κ2) is 5.83. The van der Waals surface area contributed by atoms with Crippen LogP contribution in [0.2, 0.25) is 0 Å². The molecule has 2 heterocycles. The van der Waals surface area contributed by atoms with Gasteiger partial charge in [0.25, 0.3) is 0 Å². The number of nitrogens with zero attached hydrogens (tertiary/aromatic N) is 1. The van der Waals surface area contributed by atoms with Crippen LogP contribution in [-0.4, -0.2) is 24.2 Å². The summed E-state index contributed by atoms with van der Waals surface area (Å²) >= 11 is 0. The average Bonchev–Trinajstić information content (AvgIpc) is 2.32. The summed E-state index contributed by atoms with van der Waals surface area (Å²) in [5, 5.41) is 3.46. The van der Waals surface area contributed by atoms with E-state index in [1.807, 2.05) is 18.3 Å². The van der Waals surface area contributed by atoms with Crippen LogP contribution in [0.15, 0.2) is 24.5 Å². The fourth-order valence-corrected chi connectivity index (χ4v) is 1.87. The van der Waals surface area contributed by atoms with Gasteiger partial charge in [-0.3, -0.25) is 4.98 Å². The molecule has 1 aliphatic heterocycles. The molecule has 0 saturated carbocycles. The molecule has 1 saturated heterocycles. The van der Waals surface area contributed by atoms with E-state index in [0.29, 0.717) is 12.6 Å². The second-order valence-corrected chi connectivity index (χ2v) is 4.02. The van der Waals surface area contributed by atoms with Crippen LogP contribution in [0.3, 0.4) is 0 Å². The highest BCUT2D eigenvalue weighted by Crippen LogP contribution is 2.08. The third-order valence-electron chi connectivity index (χ3n) is 2.72. The highest BCUT2D eigenvalue weighted by Gasteiger charge is 2.11.